The van der Waals surface area contributed by atoms with E-state index in [-0.39, 0.29) is 0 Å². The van der Waals surface area contributed by atoms with E-state index in [9.17, 15) is 0 Å². The highest BCUT2D eigenvalue weighted by Crippen LogP contribution is 2.30. The molecule has 3 rings (SSSR count). The molecule has 0 bridgehead atoms. The van der Waals surface area contributed by atoms with E-state index in [2.05, 4.69) is 33.2 Å². The Morgan fingerprint density at radius 1 is 1.29 bits per heavy atom. The van der Waals surface area contributed by atoms with Gasteiger partial charge in [0.2, 0.25) is 0 Å². The van der Waals surface area contributed by atoms with Crippen molar-refractivity contribution >= 4 is 16.9 Å². The third-order valence-electron chi connectivity index (χ3n) is 2.89. The van der Waals surface area contributed by atoms with Gasteiger partial charge >= 0.3 is 0 Å². The van der Waals surface area contributed by atoms with Gasteiger partial charge in [0.05, 0.1) is 0 Å². The van der Waals surface area contributed by atoms with Crippen molar-refractivity contribution in [1.82, 2.24) is 9.55 Å². The molecule has 0 unspecified atom stereocenters. The number of benzene rings is 1. The lowest BCUT2D eigenvalue weighted by Crippen LogP contribution is -1.86. The normalized spacial score (nSPS) is 10.9. The topological polar surface area (TPSA) is 43.0 Å². The van der Waals surface area contributed by atoms with Gasteiger partial charge in [-0.3, -0.25) is 0 Å². The third kappa shape index (κ3) is 1.49. The van der Waals surface area contributed by atoms with E-state index >= 15 is 0 Å². The van der Waals surface area contributed by atoms with Crippen LogP contribution in [0.5, 0.6) is 0 Å². The van der Waals surface area contributed by atoms with Crippen LogP contribution in [0.4, 0.5) is 6.01 Å². The molecule has 4 nitrogen and oxygen atoms in total. The summed E-state index contributed by atoms with van der Waals surface area (Å²) in [6, 6.07) is 8.79. The second kappa shape index (κ2) is 3.66. The number of fused-ring (bicyclic) bond motifs is 1. The number of anilines is 1. The molecule has 2 heterocycles. The fourth-order valence-corrected chi connectivity index (χ4v) is 2.06. The average Bonchev–Trinajstić information content (AvgIpc) is 2.95. The fourth-order valence-electron chi connectivity index (χ4n) is 2.06. The Balaban J connectivity index is 2.23. The van der Waals surface area contributed by atoms with Gasteiger partial charge in [-0.2, -0.15) is 4.98 Å². The molecule has 4 heteroatoms. The zero-order chi connectivity index (χ0) is 11.8. The highest BCUT2D eigenvalue weighted by molar-refractivity contribution is 5.95. The predicted octanol–water partition coefficient (Wildman–Crippen LogP) is 2.88. The number of hydrogen-bond acceptors (Lipinski definition) is 3. The van der Waals surface area contributed by atoms with Crippen LogP contribution >= 0.6 is 0 Å². The van der Waals surface area contributed by atoms with E-state index in [4.69, 9.17) is 4.42 Å². The highest BCUT2D eigenvalue weighted by atomic mass is 16.4. The molecule has 1 aromatic carbocycles. The molecule has 0 atom stereocenters. The lowest BCUT2D eigenvalue weighted by atomic mass is 10.1. The summed E-state index contributed by atoms with van der Waals surface area (Å²) in [6.07, 6.45) is 3.75. The Morgan fingerprint density at radius 2 is 2.12 bits per heavy atom. The summed E-state index contributed by atoms with van der Waals surface area (Å²) in [5.74, 6) is 0. The second-order valence-corrected chi connectivity index (χ2v) is 3.96. The van der Waals surface area contributed by atoms with Gasteiger partial charge in [-0.1, -0.05) is 18.2 Å². The van der Waals surface area contributed by atoms with E-state index in [1.54, 1.807) is 13.3 Å². The molecule has 0 fully saturated rings. The molecule has 2 aromatic heterocycles. The van der Waals surface area contributed by atoms with Crippen LogP contribution in [0.2, 0.25) is 0 Å². The van der Waals surface area contributed by atoms with Crippen LogP contribution in [0, 0.1) is 0 Å². The van der Waals surface area contributed by atoms with Crippen LogP contribution in [0.25, 0.3) is 22.2 Å². The van der Waals surface area contributed by atoms with Gasteiger partial charge in [-0.05, 0) is 6.07 Å². The Hall–Kier alpha value is -2.23. The summed E-state index contributed by atoms with van der Waals surface area (Å²) in [5.41, 5.74) is 3.14. The maximum Gasteiger partial charge on any atom is 0.294 e. The molecule has 17 heavy (non-hydrogen) atoms. The molecular formula is C13H13N3O. The van der Waals surface area contributed by atoms with Gasteiger partial charge in [-0.25, -0.2) is 0 Å². The molecule has 1 N–H and O–H groups in total. The smallest absolute Gasteiger partial charge is 0.294 e. The van der Waals surface area contributed by atoms with Gasteiger partial charge in [-0.15, -0.1) is 0 Å². The number of aryl methyl sites for hydroxylation is 1. The summed E-state index contributed by atoms with van der Waals surface area (Å²) in [7, 11) is 3.82. The monoisotopic (exact) mass is 227 g/mol. The largest absolute Gasteiger partial charge is 0.432 e. The van der Waals surface area contributed by atoms with Crippen molar-refractivity contribution in [2.45, 2.75) is 0 Å². The molecule has 0 saturated heterocycles. The Morgan fingerprint density at radius 3 is 2.88 bits per heavy atom. The Labute approximate surface area is 98.9 Å². The molecule has 3 aromatic rings. The van der Waals surface area contributed by atoms with Crippen molar-refractivity contribution in [3.63, 3.8) is 0 Å². The lowest BCUT2D eigenvalue weighted by Gasteiger charge is -1.93. The number of aromatic nitrogens is 2. The minimum Gasteiger partial charge on any atom is -0.432 e. The Kier molecular flexibility index (Phi) is 2.14. The standard InChI is InChI=1S/C13H13N3O/c1-14-13-15-11(8-17-13)10-7-16(2)12-6-4-3-5-9(10)12/h3-8H,1-2H3,(H,14,15). The van der Waals surface area contributed by atoms with Crippen molar-refractivity contribution in [1.29, 1.82) is 0 Å². The van der Waals surface area contributed by atoms with Gasteiger partial charge in [0.1, 0.15) is 12.0 Å². The van der Waals surface area contributed by atoms with Crippen LogP contribution in [0.15, 0.2) is 41.1 Å². The quantitative estimate of drug-likeness (QED) is 0.732. The first-order valence-corrected chi connectivity index (χ1v) is 5.47. The maximum atomic E-state index is 5.29. The van der Waals surface area contributed by atoms with Crippen molar-refractivity contribution in [2.75, 3.05) is 12.4 Å². The molecule has 0 aliphatic carbocycles. The summed E-state index contributed by atoms with van der Waals surface area (Å²) < 4.78 is 7.39. The van der Waals surface area contributed by atoms with Crippen LogP contribution in [-0.2, 0) is 7.05 Å². The first kappa shape index (κ1) is 9.96. The van der Waals surface area contributed by atoms with Gasteiger partial charge in [0.25, 0.3) is 6.01 Å². The number of nitrogens with one attached hydrogen (secondary N) is 1. The minimum absolute atomic E-state index is 0.535. The van der Waals surface area contributed by atoms with E-state index in [0.717, 1.165) is 11.3 Å². The van der Waals surface area contributed by atoms with Crippen LogP contribution in [0.1, 0.15) is 0 Å². The van der Waals surface area contributed by atoms with E-state index in [1.807, 2.05) is 19.2 Å². The number of nitrogens with zero attached hydrogens (tertiary/aromatic N) is 2. The minimum atomic E-state index is 0.535. The maximum absolute atomic E-state index is 5.29. The fraction of sp³-hybridized carbons (Fsp3) is 0.154. The average molecular weight is 227 g/mol. The summed E-state index contributed by atoms with van der Waals surface area (Å²) in [5, 5.41) is 4.07. The van der Waals surface area contributed by atoms with Gasteiger partial charge in [0, 0.05) is 36.8 Å². The van der Waals surface area contributed by atoms with Crippen molar-refractivity contribution in [3.8, 4) is 11.3 Å². The van der Waals surface area contributed by atoms with E-state index in [0.29, 0.717) is 6.01 Å². The van der Waals surface area contributed by atoms with Crippen LogP contribution < -0.4 is 5.32 Å². The number of hydrogen-bond donors (Lipinski definition) is 1. The third-order valence-corrected chi connectivity index (χ3v) is 2.89. The number of oxazole rings is 1. The molecular weight excluding hydrogens is 214 g/mol. The summed E-state index contributed by atoms with van der Waals surface area (Å²) in [4.78, 5) is 4.37. The number of para-hydroxylation sites is 1. The van der Waals surface area contributed by atoms with Crippen LogP contribution in [0.3, 0.4) is 0 Å². The molecule has 0 radical (unpaired) electrons. The zero-order valence-electron chi connectivity index (χ0n) is 9.77. The van der Waals surface area contributed by atoms with E-state index in [1.165, 1.54) is 10.9 Å². The number of rotatable bonds is 2. The first-order chi connectivity index (χ1) is 8.29. The molecule has 0 aliphatic heterocycles. The predicted molar refractivity (Wildman–Crippen MR) is 68.0 cm³/mol. The van der Waals surface area contributed by atoms with Crippen LogP contribution in [-0.4, -0.2) is 16.6 Å². The zero-order valence-corrected chi connectivity index (χ0v) is 9.77. The summed E-state index contributed by atoms with van der Waals surface area (Å²) in [6.45, 7) is 0. The lowest BCUT2D eigenvalue weighted by molar-refractivity contribution is 0.576. The van der Waals surface area contributed by atoms with Crippen molar-refractivity contribution < 1.29 is 4.42 Å². The molecule has 86 valence electrons. The van der Waals surface area contributed by atoms with Crippen molar-refractivity contribution in [3.05, 3.63) is 36.7 Å². The van der Waals surface area contributed by atoms with Gasteiger partial charge in [0.15, 0.2) is 0 Å². The molecule has 0 aliphatic rings. The Bertz CT molecular complexity index is 666. The second-order valence-electron chi connectivity index (χ2n) is 3.96. The SMILES string of the molecule is CNc1nc(-c2cn(C)c3ccccc23)co1. The first-order valence-electron chi connectivity index (χ1n) is 5.47. The molecule has 0 spiro atoms. The summed E-state index contributed by atoms with van der Waals surface area (Å²) >= 11 is 0. The van der Waals surface area contributed by atoms with Gasteiger partial charge < -0.3 is 14.3 Å². The van der Waals surface area contributed by atoms with Crippen molar-refractivity contribution in [2.24, 2.45) is 7.05 Å². The van der Waals surface area contributed by atoms with E-state index < -0.39 is 0 Å². The highest BCUT2D eigenvalue weighted by Gasteiger charge is 2.11. The molecule has 0 saturated carbocycles. The molecule has 0 amide bonds.